The highest BCUT2D eigenvalue weighted by Crippen LogP contribution is 2.16. The highest BCUT2D eigenvalue weighted by atomic mass is 32.1. The van der Waals surface area contributed by atoms with Gasteiger partial charge in [0, 0.05) is 17.1 Å². The molecule has 2 heterocycles. The van der Waals surface area contributed by atoms with Crippen molar-refractivity contribution in [3.8, 4) is 0 Å². The van der Waals surface area contributed by atoms with Crippen LogP contribution in [0.4, 0.5) is 5.13 Å². The van der Waals surface area contributed by atoms with Gasteiger partial charge in [-0.2, -0.15) is 0 Å². The van der Waals surface area contributed by atoms with Crippen LogP contribution in [0.5, 0.6) is 0 Å². The van der Waals surface area contributed by atoms with Crippen molar-refractivity contribution in [3.63, 3.8) is 0 Å². The number of anilines is 1. The molecule has 0 saturated carbocycles. The molecule has 1 amide bonds. The van der Waals surface area contributed by atoms with Crippen molar-refractivity contribution in [2.45, 2.75) is 39.7 Å². The molecule has 0 atom stereocenters. The van der Waals surface area contributed by atoms with Crippen molar-refractivity contribution >= 4 is 28.3 Å². The number of thiazole rings is 1. The highest BCUT2D eigenvalue weighted by molar-refractivity contribution is 7.14. The van der Waals surface area contributed by atoms with Crippen molar-refractivity contribution in [3.05, 3.63) is 39.5 Å². The largest absolute Gasteiger partial charge is 0.461 e. The van der Waals surface area contributed by atoms with E-state index in [2.05, 4.69) is 22.2 Å². The van der Waals surface area contributed by atoms with Crippen molar-refractivity contribution in [2.75, 3.05) is 11.9 Å². The molecule has 0 unspecified atom stereocenters. The van der Waals surface area contributed by atoms with E-state index in [-0.39, 0.29) is 29.5 Å². The van der Waals surface area contributed by atoms with Crippen molar-refractivity contribution in [1.82, 2.24) is 14.5 Å². The van der Waals surface area contributed by atoms with Crippen LogP contribution in [-0.2, 0) is 22.5 Å². The molecule has 0 radical (unpaired) electrons. The Balaban J connectivity index is 1.96. The first-order valence-corrected chi connectivity index (χ1v) is 8.89. The van der Waals surface area contributed by atoms with Crippen LogP contribution in [0.15, 0.2) is 22.6 Å². The normalized spacial score (nSPS) is 10.5. The molecule has 2 aromatic heterocycles. The summed E-state index contributed by atoms with van der Waals surface area (Å²) >= 11 is 1.11. The maximum Gasteiger partial charge on any atom is 0.357 e. The van der Waals surface area contributed by atoms with E-state index in [1.807, 2.05) is 0 Å². The zero-order chi connectivity index (χ0) is 18.2. The predicted octanol–water partition coefficient (Wildman–Crippen LogP) is 1.86. The molecule has 134 valence electrons. The number of amides is 1. The molecule has 0 bridgehead atoms. The van der Waals surface area contributed by atoms with E-state index >= 15 is 0 Å². The van der Waals surface area contributed by atoms with E-state index in [0.717, 1.165) is 36.3 Å². The van der Waals surface area contributed by atoms with Crippen LogP contribution >= 0.6 is 11.3 Å². The first kappa shape index (κ1) is 18.8. The summed E-state index contributed by atoms with van der Waals surface area (Å²) < 4.78 is 6.06. The van der Waals surface area contributed by atoms with Gasteiger partial charge in [0.25, 0.3) is 5.56 Å². The van der Waals surface area contributed by atoms with Gasteiger partial charge in [0.2, 0.25) is 5.91 Å². The molecule has 2 aromatic rings. The summed E-state index contributed by atoms with van der Waals surface area (Å²) in [5.74, 6) is -0.961. The van der Waals surface area contributed by atoms with Gasteiger partial charge in [-0.05, 0) is 19.8 Å². The van der Waals surface area contributed by atoms with Crippen LogP contribution in [0.3, 0.4) is 0 Å². The van der Waals surface area contributed by atoms with Gasteiger partial charge in [0.1, 0.15) is 6.54 Å². The summed E-state index contributed by atoms with van der Waals surface area (Å²) in [5, 5.41) is 4.33. The van der Waals surface area contributed by atoms with Crippen molar-refractivity contribution in [1.29, 1.82) is 0 Å². The molecule has 0 saturated heterocycles. The topological polar surface area (TPSA) is 103 Å². The molecule has 25 heavy (non-hydrogen) atoms. The highest BCUT2D eigenvalue weighted by Gasteiger charge is 2.13. The minimum absolute atomic E-state index is 0.140. The van der Waals surface area contributed by atoms with Crippen molar-refractivity contribution in [2.24, 2.45) is 0 Å². The summed E-state index contributed by atoms with van der Waals surface area (Å²) in [6, 6.07) is 1.45. The molecule has 0 fully saturated rings. The fraction of sp³-hybridized carbons (Fsp3) is 0.438. The third-order valence-corrected chi connectivity index (χ3v) is 4.03. The van der Waals surface area contributed by atoms with E-state index in [1.165, 1.54) is 22.3 Å². The molecular weight excluding hydrogens is 344 g/mol. The van der Waals surface area contributed by atoms with Gasteiger partial charge in [0.15, 0.2) is 10.8 Å². The average molecular weight is 364 g/mol. The Labute approximate surface area is 148 Å². The van der Waals surface area contributed by atoms with E-state index in [0.29, 0.717) is 0 Å². The Morgan fingerprint density at radius 3 is 2.84 bits per heavy atom. The van der Waals surface area contributed by atoms with Crippen LogP contribution in [0, 0.1) is 0 Å². The van der Waals surface area contributed by atoms with Crippen LogP contribution < -0.4 is 10.9 Å². The Morgan fingerprint density at radius 1 is 1.36 bits per heavy atom. The third kappa shape index (κ3) is 5.49. The number of aryl methyl sites for hydroxylation is 1. The summed E-state index contributed by atoms with van der Waals surface area (Å²) in [6.45, 7) is 3.85. The fourth-order valence-corrected chi connectivity index (χ4v) is 2.72. The molecule has 0 aliphatic heterocycles. The lowest BCUT2D eigenvalue weighted by Crippen LogP contribution is -2.27. The van der Waals surface area contributed by atoms with Crippen LogP contribution in [0.1, 0.15) is 42.9 Å². The minimum Gasteiger partial charge on any atom is -0.461 e. The lowest BCUT2D eigenvalue weighted by Gasteiger charge is -2.06. The molecule has 0 aliphatic rings. The van der Waals surface area contributed by atoms with E-state index in [9.17, 15) is 14.4 Å². The molecule has 2 rings (SSSR count). The maximum atomic E-state index is 12.0. The fourth-order valence-electron chi connectivity index (χ4n) is 2.02. The Bertz CT molecular complexity index is 799. The molecule has 0 spiro atoms. The van der Waals surface area contributed by atoms with Gasteiger partial charge in [-0.15, -0.1) is 11.3 Å². The number of carbonyl (C=O) groups excluding carboxylic acids is 2. The van der Waals surface area contributed by atoms with Gasteiger partial charge < -0.3 is 10.1 Å². The van der Waals surface area contributed by atoms with Gasteiger partial charge in [-0.1, -0.05) is 13.3 Å². The summed E-state index contributed by atoms with van der Waals surface area (Å²) in [6.07, 6.45) is 4.10. The van der Waals surface area contributed by atoms with E-state index in [1.54, 1.807) is 6.92 Å². The second-order valence-corrected chi connectivity index (χ2v) is 6.11. The van der Waals surface area contributed by atoms with E-state index in [4.69, 9.17) is 4.74 Å². The second kappa shape index (κ2) is 9.07. The average Bonchev–Trinajstić information content (AvgIpc) is 3.04. The van der Waals surface area contributed by atoms with Gasteiger partial charge in [0.05, 0.1) is 12.9 Å². The number of nitrogens with zero attached hydrogens (tertiary/aromatic N) is 3. The number of ether oxygens (including phenoxy) is 1. The first-order chi connectivity index (χ1) is 12.0. The summed E-state index contributed by atoms with van der Waals surface area (Å²) in [4.78, 5) is 43.8. The summed E-state index contributed by atoms with van der Waals surface area (Å²) in [5.41, 5.74) is 0.589. The minimum atomic E-state index is -0.540. The zero-order valence-corrected chi connectivity index (χ0v) is 15.0. The van der Waals surface area contributed by atoms with Gasteiger partial charge in [-0.25, -0.2) is 14.8 Å². The molecule has 9 heteroatoms. The van der Waals surface area contributed by atoms with Crippen LogP contribution in [0.25, 0.3) is 0 Å². The Morgan fingerprint density at radius 2 is 2.16 bits per heavy atom. The smallest absolute Gasteiger partial charge is 0.357 e. The Hall–Kier alpha value is -2.55. The molecule has 0 aromatic carbocycles. The number of nitrogens with one attached hydrogen (secondary N) is 1. The van der Waals surface area contributed by atoms with Gasteiger partial charge >= 0.3 is 5.97 Å². The maximum absolute atomic E-state index is 12.0. The number of hydrogen-bond acceptors (Lipinski definition) is 7. The third-order valence-electron chi connectivity index (χ3n) is 3.27. The number of rotatable bonds is 8. The van der Waals surface area contributed by atoms with Crippen LogP contribution in [0.2, 0.25) is 0 Å². The van der Waals surface area contributed by atoms with Crippen molar-refractivity contribution < 1.29 is 14.3 Å². The number of unbranched alkanes of at least 4 members (excludes halogenated alkanes) is 1. The molecule has 0 aliphatic carbocycles. The Kier molecular flexibility index (Phi) is 6.81. The number of carbonyl (C=O) groups is 2. The second-order valence-electron chi connectivity index (χ2n) is 5.26. The number of esters is 1. The first-order valence-electron chi connectivity index (χ1n) is 8.01. The monoisotopic (exact) mass is 364 g/mol. The van der Waals surface area contributed by atoms with Gasteiger partial charge in [-0.3, -0.25) is 14.2 Å². The van der Waals surface area contributed by atoms with E-state index < -0.39 is 11.9 Å². The SMILES string of the molecule is CCCCc1cc(=O)n(CC(=O)Nc2nc(C(=O)OCC)cs2)cn1. The molecular formula is C16H20N4O4S. The van der Waals surface area contributed by atoms with Crippen LogP contribution in [-0.4, -0.2) is 33.0 Å². The molecule has 1 N–H and O–H groups in total. The lowest BCUT2D eigenvalue weighted by molar-refractivity contribution is -0.116. The molecule has 8 nitrogen and oxygen atoms in total. The zero-order valence-electron chi connectivity index (χ0n) is 14.2. The predicted molar refractivity (Wildman–Crippen MR) is 93.8 cm³/mol. The number of hydrogen-bond donors (Lipinski definition) is 1. The summed E-state index contributed by atoms with van der Waals surface area (Å²) in [7, 11) is 0. The lowest BCUT2D eigenvalue weighted by atomic mass is 10.2. The quantitative estimate of drug-likeness (QED) is 0.717. The number of aromatic nitrogens is 3. The standard InChI is InChI=1S/C16H20N4O4S/c1-3-5-6-11-7-14(22)20(10-17-11)8-13(21)19-16-18-12(9-25-16)15(23)24-4-2/h7,9-10H,3-6,8H2,1-2H3,(H,18,19,21).